The van der Waals surface area contributed by atoms with Gasteiger partial charge in [0.15, 0.2) is 6.10 Å². The second-order valence-electron chi connectivity index (χ2n) is 5.52. The summed E-state index contributed by atoms with van der Waals surface area (Å²) in [6.45, 7) is 3.42. The van der Waals surface area contributed by atoms with Gasteiger partial charge in [-0.3, -0.25) is 4.79 Å². The normalized spacial score (nSPS) is 20.1. The van der Waals surface area contributed by atoms with Crippen molar-refractivity contribution in [2.45, 2.75) is 32.3 Å². The Morgan fingerprint density at radius 3 is 3.10 bits per heavy atom. The van der Waals surface area contributed by atoms with E-state index in [4.69, 9.17) is 21.4 Å². The molecule has 0 bridgehead atoms. The Hall–Kier alpha value is -1.26. The van der Waals surface area contributed by atoms with Gasteiger partial charge in [-0.25, -0.2) is 0 Å². The van der Waals surface area contributed by atoms with Crippen molar-refractivity contribution in [2.75, 3.05) is 19.7 Å². The van der Waals surface area contributed by atoms with E-state index in [0.717, 1.165) is 25.8 Å². The summed E-state index contributed by atoms with van der Waals surface area (Å²) in [4.78, 5) is 14.3. The molecule has 1 N–H and O–H groups in total. The van der Waals surface area contributed by atoms with Gasteiger partial charge >= 0.3 is 0 Å². The summed E-state index contributed by atoms with van der Waals surface area (Å²) in [6, 6.07) is 7.06. The van der Waals surface area contributed by atoms with Crippen LogP contribution in [0.4, 0.5) is 0 Å². The number of nitrogens with zero attached hydrogens (tertiary/aromatic N) is 1. The standard InChI is InChI=1S/C16H22ClNO3/c1-12(21-15-6-2-5-14(17)10-15)16(20)18-8-3-4-13(11-18)7-9-19/h2,5-6,10,12-13,19H,3-4,7-9,11H2,1H3. The summed E-state index contributed by atoms with van der Waals surface area (Å²) in [6.07, 6.45) is 2.29. The summed E-state index contributed by atoms with van der Waals surface area (Å²) in [5.74, 6) is 0.996. The average molecular weight is 312 g/mol. The van der Waals surface area contributed by atoms with E-state index in [1.165, 1.54) is 0 Å². The SMILES string of the molecule is CC(Oc1cccc(Cl)c1)C(=O)N1CCCC(CCO)C1. The molecule has 2 atom stereocenters. The zero-order chi connectivity index (χ0) is 15.2. The van der Waals surface area contributed by atoms with Gasteiger partial charge in [0.2, 0.25) is 0 Å². The predicted octanol–water partition coefficient (Wildman–Crippen LogP) is 2.73. The van der Waals surface area contributed by atoms with Crippen molar-refractivity contribution in [3.8, 4) is 5.75 Å². The predicted molar refractivity (Wildman–Crippen MR) is 82.5 cm³/mol. The minimum absolute atomic E-state index is 0.00221. The third-order valence-corrected chi connectivity index (χ3v) is 4.06. The fourth-order valence-electron chi connectivity index (χ4n) is 2.74. The second kappa shape index (κ2) is 7.66. The molecule has 1 aromatic rings. The lowest BCUT2D eigenvalue weighted by atomic mass is 9.95. The number of hydrogen-bond acceptors (Lipinski definition) is 3. The number of aliphatic hydroxyl groups is 1. The Kier molecular flexibility index (Phi) is 5.88. The number of likely N-dealkylation sites (tertiary alicyclic amines) is 1. The third-order valence-electron chi connectivity index (χ3n) is 3.82. The molecule has 0 radical (unpaired) electrons. The Morgan fingerprint density at radius 1 is 1.57 bits per heavy atom. The van der Waals surface area contributed by atoms with Crippen LogP contribution in [0.5, 0.6) is 5.75 Å². The van der Waals surface area contributed by atoms with Gasteiger partial charge in [-0.2, -0.15) is 0 Å². The fourth-order valence-corrected chi connectivity index (χ4v) is 2.92. The Labute approximate surface area is 130 Å². The van der Waals surface area contributed by atoms with Crippen molar-refractivity contribution in [3.05, 3.63) is 29.3 Å². The second-order valence-corrected chi connectivity index (χ2v) is 5.96. The molecule has 1 aliphatic rings. The monoisotopic (exact) mass is 311 g/mol. The molecule has 1 aromatic carbocycles. The largest absolute Gasteiger partial charge is 0.481 e. The maximum atomic E-state index is 12.4. The molecule has 1 aliphatic heterocycles. The summed E-state index contributed by atoms with van der Waals surface area (Å²) < 4.78 is 5.68. The number of carbonyl (C=O) groups is 1. The van der Waals surface area contributed by atoms with E-state index < -0.39 is 6.10 Å². The van der Waals surface area contributed by atoms with Crippen molar-refractivity contribution < 1.29 is 14.6 Å². The Morgan fingerprint density at radius 2 is 2.38 bits per heavy atom. The summed E-state index contributed by atoms with van der Waals surface area (Å²) in [7, 11) is 0. The first-order valence-electron chi connectivity index (χ1n) is 7.42. The first kappa shape index (κ1) is 16.1. The molecule has 0 aliphatic carbocycles. The van der Waals surface area contributed by atoms with Gasteiger partial charge in [-0.1, -0.05) is 17.7 Å². The molecular formula is C16H22ClNO3. The third kappa shape index (κ3) is 4.61. The van der Waals surface area contributed by atoms with E-state index in [1.807, 2.05) is 4.90 Å². The molecule has 1 amide bonds. The highest BCUT2D eigenvalue weighted by atomic mass is 35.5. The minimum Gasteiger partial charge on any atom is -0.481 e. The van der Waals surface area contributed by atoms with Crippen LogP contribution < -0.4 is 4.74 Å². The van der Waals surface area contributed by atoms with Crippen LogP contribution in [-0.2, 0) is 4.79 Å². The van der Waals surface area contributed by atoms with Crippen molar-refractivity contribution >= 4 is 17.5 Å². The van der Waals surface area contributed by atoms with Gasteiger partial charge in [0, 0.05) is 24.7 Å². The van der Waals surface area contributed by atoms with Crippen molar-refractivity contribution in [1.29, 1.82) is 0 Å². The van der Waals surface area contributed by atoms with Gasteiger partial charge in [0.05, 0.1) is 0 Å². The minimum atomic E-state index is -0.531. The number of halogens is 1. The summed E-state index contributed by atoms with van der Waals surface area (Å²) in [5.41, 5.74) is 0. The quantitative estimate of drug-likeness (QED) is 0.909. The molecule has 21 heavy (non-hydrogen) atoms. The number of piperidine rings is 1. The highest BCUT2D eigenvalue weighted by Gasteiger charge is 2.27. The number of amides is 1. The molecule has 2 rings (SSSR count). The number of rotatable bonds is 5. The van der Waals surface area contributed by atoms with Gasteiger partial charge in [0.25, 0.3) is 5.91 Å². The number of benzene rings is 1. The van der Waals surface area contributed by atoms with Crippen LogP contribution in [0.15, 0.2) is 24.3 Å². The highest BCUT2D eigenvalue weighted by molar-refractivity contribution is 6.30. The first-order valence-corrected chi connectivity index (χ1v) is 7.80. The van der Waals surface area contributed by atoms with Crippen LogP contribution in [0.3, 0.4) is 0 Å². The van der Waals surface area contributed by atoms with Crippen LogP contribution in [0.1, 0.15) is 26.2 Å². The summed E-state index contributed by atoms with van der Waals surface area (Å²) in [5, 5.41) is 9.62. The Balaban J connectivity index is 1.92. The molecule has 116 valence electrons. The van der Waals surface area contributed by atoms with Crippen LogP contribution in [0.25, 0.3) is 0 Å². The lowest BCUT2D eigenvalue weighted by Gasteiger charge is -2.34. The Bertz CT molecular complexity index is 478. The lowest BCUT2D eigenvalue weighted by Crippen LogP contribution is -2.45. The summed E-state index contributed by atoms with van der Waals surface area (Å²) >= 11 is 5.91. The van der Waals surface area contributed by atoms with Gasteiger partial charge in [-0.05, 0) is 50.3 Å². The van der Waals surface area contributed by atoms with Gasteiger partial charge in [0.1, 0.15) is 5.75 Å². The van der Waals surface area contributed by atoms with Crippen LogP contribution >= 0.6 is 11.6 Å². The molecule has 5 heteroatoms. The fraction of sp³-hybridized carbons (Fsp3) is 0.562. The molecule has 4 nitrogen and oxygen atoms in total. The molecule has 1 heterocycles. The van der Waals surface area contributed by atoms with E-state index in [2.05, 4.69) is 0 Å². The number of hydrogen-bond donors (Lipinski definition) is 1. The molecule has 0 spiro atoms. The topological polar surface area (TPSA) is 49.8 Å². The molecular weight excluding hydrogens is 290 g/mol. The zero-order valence-corrected chi connectivity index (χ0v) is 13.1. The first-order chi connectivity index (χ1) is 10.1. The van der Waals surface area contributed by atoms with E-state index in [-0.39, 0.29) is 12.5 Å². The van der Waals surface area contributed by atoms with Crippen LogP contribution in [0.2, 0.25) is 5.02 Å². The van der Waals surface area contributed by atoms with E-state index in [0.29, 0.717) is 23.2 Å². The van der Waals surface area contributed by atoms with E-state index in [1.54, 1.807) is 31.2 Å². The lowest BCUT2D eigenvalue weighted by molar-refractivity contribution is -0.139. The van der Waals surface area contributed by atoms with Crippen LogP contribution in [-0.4, -0.2) is 41.7 Å². The molecule has 0 saturated carbocycles. The average Bonchev–Trinajstić information content (AvgIpc) is 2.47. The molecule has 2 unspecified atom stereocenters. The van der Waals surface area contributed by atoms with Gasteiger partial charge < -0.3 is 14.7 Å². The molecule has 0 aromatic heterocycles. The smallest absolute Gasteiger partial charge is 0.263 e. The number of aliphatic hydroxyl groups excluding tert-OH is 1. The van der Waals surface area contributed by atoms with E-state index in [9.17, 15) is 4.79 Å². The number of carbonyl (C=O) groups excluding carboxylic acids is 1. The highest BCUT2D eigenvalue weighted by Crippen LogP contribution is 2.22. The molecule has 1 fully saturated rings. The van der Waals surface area contributed by atoms with Crippen molar-refractivity contribution in [3.63, 3.8) is 0 Å². The maximum absolute atomic E-state index is 12.4. The van der Waals surface area contributed by atoms with Crippen molar-refractivity contribution in [2.24, 2.45) is 5.92 Å². The molecule has 1 saturated heterocycles. The van der Waals surface area contributed by atoms with E-state index >= 15 is 0 Å². The number of ether oxygens (including phenoxy) is 1. The van der Waals surface area contributed by atoms with Gasteiger partial charge in [-0.15, -0.1) is 0 Å². The maximum Gasteiger partial charge on any atom is 0.263 e. The van der Waals surface area contributed by atoms with Crippen molar-refractivity contribution in [1.82, 2.24) is 4.90 Å². The zero-order valence-electron chi connectivity index (χ0n) is 12.3. The van der Waals surface area contributed by atoms with Crippen LogP contribution in [0, 0.1) is 5.92 Å².